The molecule has 0 aromatic carbocycles. The Morgan fingerprint density at radius 1 is 1.65 bits per heavy atom. The van der Waals surface area contributed by atoms with Crippen molar-refractivity contribution in [2.45, 2.75) is 43.4 Å². The normalized spacial score (nSPS) is 34.6. The van der Waals surface area contributed by atoms with Crippen molar-refractivity contribution in [2.24, 2.45) is 0 Å². The van der Waals surface area contributed by atoms with Crippen LogP contribution in [0, 0.1) is 12.3 Å². The monoisotopic (exact) mass is 361 g/mol. The predicted molar refractivity (Wildman–Crippen MR) is 86.0 cm³/mol. The Labute approximate surface area is 143 Å². The van der Waals surface area contributed by atoms with Gasteiger partial charge < -0.3 is 9.84 Å². The first kappa shape index (κ1) is 17.1. The minimum atomic E-state index is -2.93. The molecule has 0 amide bonds. The highest BCUT2D eigenvalue weighted by atomic mass is 35.5. The third-order valence-electron chi connectivity index (χ3n) is 4.86. The summed E-state index contributed by atoms with van der Waals surface area (Å²) in [7, 11) is 0. The van der Waals surface area contributed by atoms with E-state index in [4.69, 9.17) is 22.8 Å². The van der Waals surface area contributed by atoms with Gasteiger partial charge >= 0.3 is 0 Å². The van der Waals surface area contributed by atoms with Gasteiger partial charge in [-0.2, -0.15) is 0 Å². The largest absolute Gasteiger partial charge is 0.377 e. The third kappa shape index (κ3) is 2.69. The van der Waals surface area contributed by atoms with Crippen LogP contribution in [0.2, 0.25) is 4.34 Å². The number of halogens is 3. The van der Waals surface area contributed by atoms with E-state index in [0.717, 1.165) is 0 Å². The second-order valence-corrected chi connectivity index (χ2v) is 7.96. The van der Waals surface area contributed by atoms with Crippen LogP contribution in [0.25, 0.3) is 0 Å². The van der Waals surface area contributed by atoms with Gasteiger partial charge in [0.25, 0.3) is 6.43 Å². The van der Waals surface area contributed by atoms with Crippen molar-refractivity contribution in [2.75, 3.05) is 19.7 Å². The molecule has 0 saturated carbocycles. The van der Waals surface area contributed by atoms with Gasteiger partial charge in [0.15, 0.2) is 5.60 Å². The second-order valence-electron chi connectivity index (χ2n) is 6.28. The first-order valence-electron chi connectivity index (χ1n) is 7.45. The number of ether oxygens (including phenoxy) is 1. The molecular formula is C16H18ClF2NO2S. The summed E-state index contributed by atoms with van der Waals surface area (Å²) in [5.74, 6) is 2.64. The molecule has 0 radical (unpaired) electrons. The summed E-state index contributed by atoms with van der Waals surface area (Å²) < 4.78 is 33.0. The summed E-state index contributed by atoms with van der Waals surface area (Å²) in [5.41, 5.74) is -2.74. The molecule has 3 unspecified atom stereocenters. The van der Waals surface area contributed by atoms with Gasteiger partial charge in [0.2, 0.25) is 0 Å². The van der Waals surface area contributed by atoms with Crippen LogP contribution in [0.15, 0.2) is 6.07 Å². The zero-order valence-electron chi connectivity index (χ0n) is 12.7. The Morgan fingerprint density at radius 3 is 3.00 bits per heavy atom. The van der Waals surface area contributed by atoms with Crippen LogP contribution in [0.1, 0.15) is 30.2 Å². The van der Waals surface area contributed by atoms with Crippen LogP contribution in [0.4, 0.5) is 8.78 Å². The van der Waals surface area contributed by atoms with Crippen LogP contribution in [0.3, 0.4) is 0 Å². The van der Waals surface area contributed by atoms with Gasteiger partial charge in [-0.1, -0.05) is 17.5 Å². The van der Waals surface area contributed by atoms with E-state index in [0.29, 0.717) is 35.1 Å². The molecule has 3 nitrogen and oxygen atoms in total. The van der Waals surface area contributed by atoms with Crippen LogP contribution in [-0.2, 0) is 15.9 Å². The third-order valence-corrected chi connectivity index (χ3v) is 6.31. The highest BCUT2D eigenvalue weighted by Gasteiger charge is 2.54. The number of hydrogen-bond donors (Lipinski definition) is 1. The van der Waals surface area contributed by atoms with E-state index in [2.05, 4.69) is 10.8 Å². The summed E-state index contributed by atoms with van der Waals surface area (Å²) in [4.78, 5) is 2.79. The Hall–Kier alpha value is -0.710. The minimum Gasteiger partial charge on any atom is -0.377 e. The maximum Gasteiger partial charge on any atom is 0.273 e. The lowest BCUT2D eigenvalue weighted by atomic mass is 9.78. The molecule has 3 rings (SSSR count). The lowest BCUT2D eigenvalue weighted by Gasteiger charge is -2.49. The first-order valence-corrected chi connectivity index (χ1v) is 8.64. The van der Waals surface area contributed by atoms with Gasteiger partial charge in [0, 0.05) is 23.0 Å². The number of nitrogens with zero attached hydrogens (tertiary/aromatic N) is 1. The number of alkyl halides is 2. The Morgan fingerprint density at radius 2 is 2.39 bits per heavy atom. The van der Waals surface area contributed by atoms with Crippen LogP contribution >= 0.6 is 22.9 Å². The number of terminal acetylenes is 1. The number of aliphatic hydroxyl groups is 1. The molecule has 23 heavy (non-hydrogen) atoms. The SMILES string of the molecule is C#CCN1CCC2(CC1C)OCC(O)(C(F)F)c1cc(Cl)sc12. The van der Waals surface area contributed by atoms with Gasteiger partial charge in [-0.05, 0) is 25.8 Å². The fourth-order valence-corrected chi connectivity index (χ4v) is 5.02. The van der Waals surface area contributed by atoms with Crippen molar-refractivity contribution in [3.05, 3.63) is 20.8 Å². The van der Waals surface area contributed by atoms with Crippen molar-refractivity contribution >= 4 is 22.9 Å². The Kier molecular flexibility index (Phi) is 4.45. The predicted octanol–water partition coefficient (Wildman–Crippen LogP) is 3.20. The molecule has 3 atom stereocenters. The fraction of sp³-hybridized carbons (Fsp3) is 0.625. The van der Waals surface area contributed by atoms with E-state index in [1.165, 1.54) is 17.4 Å². The van der Waals surface area contributed by atoms with Gasteiger partial charge in [0.1, 0.15) is 5.60 Å². The number of piperidine rings is 1. The summed E-state index contributed by atoms with van der Waals surface area (Å²) >= 11 is 7.29. The molecule has 1 N–H and O–H groups in total. The second kappa shape index (κ2) is 5.98. The van der Waals surface area contributed by atoms with Crippen molar-refractivity contribution < 1.29 is 18.6 Å². The molecule has 0 aliphatic carbocycles. The van der Waals surface area contributed by atoms with Gasteiger partial charge in [-0.25, -0.2) is 8.78 Å². The summed E-state index contributed by atoms with van der Waals surface area (Å²) in [6.07, 6.45) is 3.74. The Balaban J connectivity index is 1.98. The van der Waals surface area contributed by atoms with E-state index < -0.39 is 24.2 Å². The van der Waals surface area contributed by atoms with Crippen molar-refractivity contribution in [3.63, 3.8) is 0 Å². The molecular weight excluding hydrogens is 344 g/mol. The molecule has 1 saturated heterocycles. The lowest BCUT2D eigenvalue weighted by molar-refractivity contribution is -0.209. The van der Waals surface area contributed by atoms with Gasteiger partial charge in [-0.15, -0.1) is 17.8 Å². The molecule has 1 fully saturated rings. The van der Waals surface area contributed by atoms with Crippen molar-refractivity contribution in [3.8, 4) is 12.3 Å². The van der Waals surface area contributed by atoms with Crippen LogP contribution in [0.5, 0.6) is 0 Å². The topological polar surface area (TPSA) is 32.7 Å². The number of hydrogen-bond acceptors (Lipinski definition) is 4. The molecule has 2 aliphatic rings. The van der Waals surface area contributed by atoms with Crippen molar-refractivity contribution in [1.29, 1.82) is 0 Å². The lowest BCUT2D eigenvalue weighted by Crippen LogP contribution is -2.55. The maximum absolute atomic E-state index is 13.4. The molecule has 1 spiro atoms. The Bertz CT molecular complexity index is 647. The highest BCUT2D eigenvalue weighted by Crippen LogP contribution is 2.52. The van der Waals surface area contributed by atoms with E-state index in [1.807, 2.05) is 6.92 Å². The molecule has 7 heteroatoms. The molecule has 3 heterocycles. The molecule has 126 valence electrons. The number of rotatable bonds is 2. The molecule has 1 aromatic rings. The summed E-state index contributed by atoms with van der Waals surface area (Å²) in [5, 5.41) is 10.4. The number of thiophene rings is 1. The molecule has 2 aliphatic heterocycles. The van der Waals surface area contributed by atoms with Gasteiger partial charge in [0.05, 0.1) is 17.5 Å². The van der Waals surface area contributed by atoms with Crippen molar-refractivity contribution in [1.82, 2.24) is 4.90 Å². The van der Waals surface area contributed by atoms with E-state index in [-0.39, 0.29) is 11.6 Å². The van der Waals surface area contributed by atoms with Crippen LogP contribution < -0.4 is 0 Å². The zero-order chi connectivity index (χ0) is 16.8. The quantitative estimate of drug-likeness (QED) is 0.821. The first-order chi connectivity index (χ1) is 10.8. The maximum atomic E-state index is 13.4. The summed E-state index contributed by atoms with van der Waals surface area (Å²) in [6.45, 7) is 2.89. The van der Waals surface area contributed by atoms with E-state index >= 15 is 0 Å². The number of likely N-dealkylation sites (tertiary alicyclic amines) is 1. The summed E-state index contributed by atoms with van der Waals surface area (Å²) in [6, 6.07) is 1.61. The fourth-order valence-electron chi connectivity index (χ4n) is 3.54. The average Bonchev–Trinajstić information content (AvgIpc) is 2.90. The highest BCUT2D eigenvalue weighted by molar-refractivity contribution is 7.16. The average molecular weight is 362 g/mol. The number of fused-ring (bicyclic) bond motifs is 2. The van der Waals surface area contributed by atoms with Crippen LogP contribution in [-0.4, -0.2) is 42.2 Å². The smallest absolute Gasteiger partial charge is 0.273 e. The van der Waals surface area contributed by atoms with E-state index in [1.54, 1.807) is 0 Å². The van der Waals surface area contributed by atoms with E-state index in [9.17, 15) is 13.9 Å². The standard InChI is InChI=1S/C16H18ClF2NO2S/c1-3-5-20-6-4-15(8-10(20)2)13-11(7-12(17)23-13)16(21,9-22-15)14(18)19/h1,7,10,14,21H,4-6,8-9H2,2H3. The minimum absolute atomic E-state index is 0.159. The molecule has 1 aromatic heterocycles. The molecule has 0 bridgehead atoms. The van der Waals surface area contributed by atoms with Gasteiger partial charge in [-0.3, -0.25) is 4.90 Å². The zero-order valence-corrected chi connectivity index (χ0v) is 14.3.